The third kappa shape index (κ3) is 2.16. The molecule has 18 heavy (non-hydrogen) atoms. The van der Waals surface area contributed by atoms with E-state index in [1.807, 2.05) is 22.5 Å². The van der Waals surface area contributed by atoms with Crippen LogP contribution in [-0.2, 0) is 20.0 Å². The van der Waals surface area contributed by atoms with E-state index in [0.717, 1.165) is 30.0 Å². The number of aryl methyl sites for hydroxylation is 3. The van der Waals surface area contributed by atoms with Gasteiger partial charge in [-0.1, -0.05) is 6.92 Å². The van der Waals surface area contributed by atoms with Crippen LogP contribution in [0.25, 0.3) is 0 Å². The maximum atomic E-state index is 5.71. The third-order valence-electron chi connectivity index (χ3n) is 3.14. The van der Waals surface area contributed by atoms with E-state index in [1.54, 1.807) is 6.20 Å². The molecule has 2 heterocycles. The number of nitrogens with zero attached hydrogens (tertiary/aromatic N) is 4. The van der Waals surface area contributed by atoms with Crippen LogP contribution < -0.4 is 11.3 Å². The normalized spacial score (nSPS) is 12.9. The van der Waals surface area contributed by atoms with Crippen LogP contribution in [0, 0.1) is 0 Å². The second kappa shape index (κ2) is 5.32. The summed E-state index contributed by atoms with van der Waals surface area (Å²) in [7, 11) is 1.91. The van der Waals surface area contributed by atoms with Gasteiger partial charge in [-0.2, -0.15) is 10.2 Å². The number of hydrogen-bond acceptors (Lipinski definition) is 4. The Labute approximate surface area is 107 Å². The van der Waals surface area contributed by atoms with Gasteiger partial charge in [-0.3, -0.25) is 15.2 Å². The van der Waals surface area contributed by atoms with Gasteiger partial charge in [-0.15, -0.1) is 0 Å². The molecule has 0 bridgehead atoms. The highest BCUT2D eigenvalue weighted by Gasteiger charge is 2.20. The lowest BCUT2D eigenvalue weighted by Crippen LogP contribution is -2.32. The molecular formula is C12H20N6. The molecule has 0 aliphatic rings. The van der Waals surface area contributed by atoms with E-state index >= 15 is 0 Å². The molecule has 0 aromatic carbocycles. The number of nitrogens with two attached hydrogens (primary N) is 1. The first kappa shape index (κ1) is 12.8. The van der Waals surface area contributed by atoms with Crippen molar-refractivity contribution in [3.8, 4) is 0 Å². The minimum absolute atomic E-state index is 0.0924. The Balaban J connectivity index is 2.44. The van der Waals surface area contributed by atoms with Crippen LogP contribution >= 0.6 is 0 Å². The number of aromatic nitrogens is 4. The Hall–Kier alpha value is -1.66. The predicted octanol–water partition coefficient (Wildman–Crippen LogP) is 0.752. The molecule has 2 rings (SSSR count). The summed E-state index contributed by atoms with van der Waals surface area (Å²) < 4.78 is 3.81. The van der Waals surface area contributed by atoms with E-state index in [1.165, 1.54) is 0 Å². The van der Waals surface area contributed by atoms with Crippen LogP contribution in [0.5, 0.6) is 0 Å². The van der Waals surface area contributed by atoms with E-state index in [9.17, 15) is 0 Å². The van der Waals surface area contributed by atoms with Gasteiger partial charge in [0.1, 0.15) is 6.04 Å². The fourth-order valence-corrected chi connectivity index (χ4v) is 2.13. The van der Waals surface area contributed by atoms with Crippen LogP contribution in [0.15, 0.2) is 18.3 Å². The lowest BCUT2D eigenvalue weighted by atomic mass is 10.1. The van der Waals surface area contributed by atoms with Gasteiger partial charge in [0.15, 0.2) is 0 Å². The summed E-state index contributed by atoms with van der Waals surface area (Å²) in [6, 6.07) is 3.97. The standard InChI is InChI=1S/C12H20N6/c1-4-9-8-11(18(5-2)16-9)12(15-13)10-6-7-14-17(10)3/h6-8,12,15H,4-5,13H2,1-3H3. The summed E-state index contributed by atoms with van der Waals surface area (Å²) >= 11 is 0. The molecule has 6 nitrogen and oxygen atoms in total. The second-order valence-corrected chi connectivity index (χ2v) is 4.21. The quantitative estimate of drug-likeness (QED) is 0.605. The van der Waals surface area contributed by atoms with Gasteiger partial charge in [0.2, 0.25) is 0 Å². The Morgan fingerprint density at radius 1 is 1.39 bits per heavy atom. The topological polar surface area (TPSA) is 73.7 Å². The fraction of sp³-hybridized carbons (Fsp3) is 0.500. The van der Waals surface area contributed by atoms with Gasteiger partial charge in [0.05, 0.1) is 17.1 Å². The number of nitrogens with one attached hydrogen (secondary N) is 1. The highest BCUT2D eigenvalue weighted by molar-refractivity contribution is 5.24. The van der Waals surface area contributed by atoms with Crippen molar-refractivity contribution in [3.05, 3.63) is 35.4 Å². The van der Waals surface area contributed by atoms with Crippen LogP contribution in [0.4, 0.5) is 0 Å². The van der Waals surface area contributed by atoms with Crippen LogP contribution in [0.1, 0.15) is 37.0 Å². The maximum absolute atomic E-state index is 5.71. The summed E-state index contributed by atoms with van der Waals surface area (Å²) in [5.41, 5.74) is 6.02. The van der Waals surface area contributed by atoms with Gasteiger partial charge in [0.25, 0.3) is 0 Å². The average molecular weight is 248 g/mol. The smallest absolute Gasteiger partial charge is 0.104 e. The zero-order chi connectivity index (χ0) is 13.1. The molecule has 1 atom stereocenters. The first-order valence-electron chi connectivity index (χ1n) is 6.21. The zero-order valence-electron chi connectivity index (χ0n) is 11.1. The Morgan fingerprint density at radius 2 is 2.17 bits per heavy atom. The molecule has 0 spiro atoms. The molecule has 0 aliphatic carbocycles. The molecule has 98 valence electrons. The van der Waals surface area contributed by atoms with Crippen molar-refractivity contribution in [2.45, 2.75) is 32.9 Å². The first-order valence-corrected chi connectivity index (χ1v) is 6.21. The molecule has 0 fully saturated rings. The van der Waals surface area contributed by atoms with Gasteiger partial charge in [-0.25, -0.2) is 5.43 Å². The van der Waals surface area contributed by atoms with Crippen molar-refractivity contribution in [2.75, 3.05) is 0 Å². The number of rotatable bonds is 5. The van der Waals surface area contributed by atoms with Gasteiger partial charge in [0, 0.05) is 19.8 Å². The van der Waals surface area contributed by atoms with Gasteiger partial charge < -0.3 is 0 Å². The van der Waals surface area contributed by atoms with Gasteiger partial charge >= 0.3 is 0 Å². The molecule has 2 aromatic rings. The SMILES string of the molecule is CCc1cc(C(NN)c2ccnn2C)n(CC)n1. The number of hydrazine groups is 1. The average Bonchev–Trinajstić information content (AvgIpc) is 2.98. The summed E-state index contributed by atoms with van der Waals surface area (Å²) in [5, 5.41) is 8.73. The second-order valence-electron chi connectivity index (χ2n) is 4.21. The summed E-state index contributed by atoms with van der Waals surface area (Å²) in [6.07, 6.45) is 2.69. The molecular weight excluding hydrogens is 228 g/mol. The van der Waals surface area contributed by atoms with Crippen molar-refractivity contribution in [1.29, 1.82) is 0 Å². The largest absolute Gasteiger partial charge is 0.271 e. The Bertz CT molecular complexity index is 512. The summed E-state index contributed by atoms with van der Waals surface area (Å²) in [6.45, 7) is 5.00. The monoisotopic (exact) mass is 248 g/mol. The molecule has 3 N–H and O–H groups in total. The minimum atomic E-state index is -0.0924. The lowest BCUT2D eigenvalue weighted by Gasteiger charge is -2.17. The predicted molar refractivity (Wildman–Crippen MR) is 69.7 cm³/mol. The van der Waals surface area contributed by atoms with Crippen LogP contribution in [0.3, 0.4) is 0 Å². The Morgan fingerprint density at radius 3 is 2.67 bits per heavy atom. The zero-order valence-corrected chi connectivity index (χ0v) is 11.1. The van der Waals surface area contributed by atoms with Crippen LogP contribution in [-0.4, -0.2) is 19.6 Å². The van der Waals surface area contributed by atoms with Crippen molar-refractivity contribution in [2.24, 2.45) is 12.9 Å². The van der Waals surface area contributed by atoms with E-state index in [-0.39, 0.29) is 6.04 Å². The molecule has 0 saturated carbocycles. The number of hydrogen-bond donors (Lipinski definition) is 2. The fourth-order valence-electron chi connectivity index (χ4n) is 2.13. The first-order chi connectivity index (χ1) is 8.71. The highest BCUT2D eigenvalue weighted by atomic mass is 15.3. The maximum Gasteiger partial charge on any atom is 0.104 e. The van der Waals surface area contributed by atoms with E-state index in [0.29, 0.717) is 0 Å². The molecule has 1 unspecified atom stereocenters. The van der Waals surface area contributed by atoms with Crippen molar-refractivity contribution in [1.82, 2.24) is 25.0 Å². The summed E-state index contributed by atoms with van der Waals surface area (Å²) in [4.78, 5) is 0. The molecule has 0 saturated heterocycles. The van der Waals surface area contributed by atoms with Crippen molar-refractivity contribution >= 4 is 0 Å². The third-order valence-corrected chi connectivity index (χ3v) is 3.14. The van der Waals surface area contributed by atoms with E-state index < -0.39 is 0 Å². The van der Waals surface area contributed by atoms with E-state index in [2.05, 4.69) is 35.5 Å². The summed E-state index contributed by atoms with van der Waals surface area (Å²) in [5.74, 6) is 5.71. The minimum Gasteiger partial charge on any atom is -0.271 e. The molecule has 2 aromatic heterocycles. The van der Waals surface area contributed by atoms with Crippen molar-refractivity contribution in [3.63, 3.8) is 0 Å². The van der Waals surface area contributed by atoms with E-state index in [4.69, 9.17) is 5.84 Å². The van der Waals surface area contributed by atoms with Crippen LogP contribution in [0.2, 0.25) is 0 Å². The molecule has 0 amide bonds. The molecule has 0 aliphatic heterocycles. The Kier molecular flexibility index (Phi) is 3.78. The lowest BCUT2D eigenvalue weighted by molar-refractivity contribution is 0.514. The highest BCUT2D eigenvalue weighted by Crippen LogP contribution is 2.21. The molecule has 6 heteroatoms. The van der Waals surface area contributed by atoms with Gasteiger partial charge in [-0.05, 0) is 25.5 Å². The van der Waals surface area contributed by atoms with Crippen molar-refractivity contribution < 1.29 is 0 Å². The molecule has 0 radical (unpaired) electrons.